The molecular weight excluding hydrogens is 395 g/mol. The highest BCUT2D eigenvalue weighted by atomic mass is 32.2. The highest BCUT2D eigenvalue weighted by Crippen LogP contribution is 2.28. The van der Waals surface area contributed by atoms with Crippen molar-refractivity contribution < 1.29 is 18.4 Å². The minimum Gasteiger partial charge on any atom is -0.393 e. The number of piperidine rings is 1. The lowest BCUT2D eigenvalue weighted by molar-refractivity contribution is 0.145. The lowest BCUT2D eigenvalue weighted by atomic mass is 10.1. The number of rotatable bonds is 6. The molecule has 0 amide bonds. The van der Waals surface area contributed by atoms with Crippen LogP contribution in [0.15, 0.2) is 35.6 Å². The number of benzene rings is 1. The van der Waals surface area contributed by atoms with Crippen molar-refractivity contribution in [2.45, 2.75) is 36.5 Å². The number of aliphatic hydroxyl groups excluding tert-OH is 1. The normalized spacial score (nSPS) is 16.4. The molecule has 4 rings (SSSR count). The molecule has 1 aliphatic heterocycles. The van der Waals surface area contributed by atoms with Gasteiger partial charge in [-0.05, 0) is 36.6 Å². The molecular formula is C20H23FN4O3S. The van der Waals surface area contributed by atoms with Crippen LogP contribution in [0, 0.1) is 5.82 Å². The highest BCUT2D eigenvalue weighted by molar-refractivity contribution is 7.84. The third-order valence-corrected chi connectivity index (χ3v) is 6.20. The summed E-state index contributed by atoms with van der Waals surface area (Å²) in [6.45, 7) is 1.65. The minimum atomic E-state index is -1.44. The van der Waals surface area contributed by atoms with Crippen LogP contribution in [-0.4, -0.2) is 50.6 Å². The summed E-state index contributed by atoms with van der Waals surface area (Å²) in [6.07, 6.45) is 2.56. The summed E-state index contributed by atoms with van der Waals surface area (Å²) in [4.78, 5) is 13.6. The van der Waals surface area contributed by atoms with E-state index in [1.165, 1.54) is 6.07 Å². The molecule has 1 unspecified atom stereocenters. The number of H-pyrrole nitrogens is 1. The Hall–Kier alpha value is -2.36. The van der Waals surface area contributed by atoms with Gasteiger partial charge in [-0.3, -0.25) is 9.19 Å². The summed E-state index contributed by atoms with van der Waals surface area (Å²) < 4.78 is 32.5. The molecule has 3 aromatic rings. The van der Waals surface area contributed by atoms with E-state index in [1.54, 1.807) is 19.4 Å². The summed E-state index contributed by atoms with van der Waals surface area (Å²) in [5.74, 6) is -0.152. The number of ether oxygens (including phenoxy) is 1. The number of nitrogens with zero attached hydrogens (tertiary/aromatic N) is 3. The van der Waals surface area contributed by atoms with Gasteiger partial charge < -0.3 is 19.7 Å². The Morgan fingerprint density at radius 3 is 2.90 bits per heavy atom. The SMILES string of the molecule is COCc1ccnc(CS(=O)c2nc3cc(N4CCC(O)CC4)c(F)cc3[nH]2)c1. The maximum absolute atomic E-state index is 14.6. The third kappa shape index (κ3) is 4.47. The second-order valence-electron chi connectivity index (χ2n) is 7.16. The zero-order valence-electron chi connectivity index (χ0n) is 16.1. The predicted molar refractivity (Wildman–Crippen MR) is 109 cm³/mol. The molecule has 1 fully saturated rings. The van der Waals surface area contributed by atoms with E-state index < -0.39 is 10.8 Å². The number of anilines is 1. The lowest BCUT2D eigenvalue weighted by Gasteiger charge is -2.31. The van der Waals surface area contributed by atoms with Gasteiger partial charge in [-0.25, -0.2) is 9.37 Å². The van der Waals surface area contributed by atoms with Gasteiger partial charge >= 0.3 is 0 Å². The number of halogens is 1. The quantitative estimate of drug-likeness (QED) is 0.639. The topological polar surface area (TPSA) is 91.3 Å². The van der Waals surface area contributed by atoms with Crippen LogP contribution < -0.4 is 4.90 Å². The van der Waals surface area contributed by atoms with E-state index in [0.717, 1.165) is 5.56 Å². The summed E-state index contributed by atoms with van der Waals surface area (Å²) in [6, 6.07) is 6.77. The number of hydrogen-bond donors (Lipinski definition) is 2. The van der Waals surface area contributed by atoms with Crippen molar-refractivity contribution in [3.8, 4) is 0 Å². The fraction of sp³-hybridized carbons (Fsp3) is 0.400. The van der Waals surface area contributed by atoms with E-state index in [1.807, 2.05) is 17.0 Å². The minimum absolute atomic E-state index is 0.205. The Morgan fingerprint density at radius 2 is 2.14 bits per heavy atom. The third-order valence-electron chi connectivity index (χ3n) is 5.02. The molecule has 154 valence electrons. The Balaban J connectivity index is 1.55. The van der Waals surface area contributed by atoms with Gasteiger partial charge in [-0.15, -0.1) is 0 Å². The molecule has 3 heterocycles. The maximum atomic E-state index is 14.6. The number of pyridine rings is 1. The molecule has 0 aliphatic carbocycles. The van der Waals surface area contributed by atoms with Crippen LogP contribution in [0.4, 0.5) is 10.1 Å². The molecule has 9 heteroatoms. The number of hydrogen-bond acceptors (Lipinski definition) is 6. The fourth-order valence-electron chi connectivity index (χ4n) is 3.52. The molecule has 1 atom stereocenters. The number of imidazole rings is 1. The first-order valence-electron chi connectivity index (χ1n) is 9.47. The monoisotopic (exact) mass is 418 g/mol. The smallest absolute Gasteiger partial charge is 0.197 e. The highest BCUT2D eigenvalue weighted by Gasteiger charge is 2.21. The second-order valence-corrected chi connectivity index (χ2v) is 8.53. The Bertz CT molecular complexity index is 1030. The second kappa shape index (κ2) is 8.56. The van der Waals surface area contributed by atoms with E-state index in [2.05, 4.69) is 15.0 Å². The van der Waals surface area contributed by atoms with Crippen molar-refractivity contribution in [2.75, 3.05) is 25.1 Å². The Labute approximate surface area is 170 Å². The van der Waals surface area contributed by atoms with E-state index in [4.69, 9.17) is 4.74 Å². The van der Waals surface area contributed by atoms with E-state index >= 15 is 0 Å². The van der Waals surface area contributed by atoms with Gasteiger partial charge in [-0.2, -0.15) is 0 Å². The molecule has 29 heavy (non-hydrogen) atoms. The van der Waals surface area contributed by atoms with Gasteiger partial charge in [0.25, 0.3) is 0 Å². The Morgan fingerprint density at radius 1 is 1.34 bits per heavy atom. The summed E-state index contributed by atoms with van der Waals surface area (Å²) in [7, 11) is 0.176. The van der Waals surface area contributed by atoms with Gasteiger partial charge in [-0.1, -0.05) is 0 Å². The molecule has 2 aromatic heterocycles. The van der Waals surface area contributed by atoms with Crippen molar-refractivity contribution in [1.29, 1.82) is 0 Å². The van der Waals surface area contributed by atoms with Crippen molar-refractivity contribution in [3.63, 3.8) is 0 Å². The molecule has 0 bridgehead atoms. The van der Waals surface area contributed by atoms with Crippen LogP contribution in [-0.2, 0) is 27.9 Å². The van der Waals surface area contributed by atoms with Gasteiger partial charge in [0.2, 0.25) is 0 Å². The van der Waals surface area contributed by atoms with Crippen molar-refractivity contribution in [2.24, 2.45) is 0 Å². The first-order valence-corrected chi connectivity index (χ1v) is 10.8. The molecule has 0 radical (unpaired) electrons. The van der Waals surface area contributed by atoms with Gasteiger partial charge in [0.1, 0.15) is 5.82 Å². The van der Waals surface area contributed by atoms with Gasteiger partial charge in [0.15, 0.2) is 5.16 Å². The number of fused-ring (bicyclic) bond motifs is 1. The first-order chi connectivity index (χ1) is 14.0. The lowest BCUT2D eigenvalue weighted by Crippen LogP contribution is -2.36. The van der Waals surface area contributed by atoms with Crippen molar-refractivity contribution >= 4 is 27.5 Å². The van der Waals surface area contributed by atoms with Crippen LogP contribution in [0.1, 0.15) is 24.1 Å². The van der Waals surface area contributed by atoms with Crippen LogP contribution in [0.2, 0.25) is 0 Å². The molecule has 2 N–H and O–H groups in total. The van der Waals surface area contributed by atoms with E-state index in [9.17, 15) is 13.7 Å². The molecule has 1 saturated heterocycles. The molecule has 0 spiro atoms. The largest absolute Gasteiger partial charge is 0.393 e. The molecule has 0 saturated carbocycles. The van der Waals surface area contributed by atoms with E-state index in [-0.39, 0.29) is 17.7 Å². The fourth-order valence-corrected chi connectivity index (χ4v) is 4.51. The average Bonchev–Trinajstić information content (AvgIpc) is 3.12. The summed E-state index contributed by atoms with van der Waals surface area (Å²) in [5.41, 5.74) is 3.17. The maximum Gasteiger partial charge on any atom is 0.197 e. The number of aliphatic hydroxyl groups is 1. The average molecular weight is 418 g/mol. The standard InChI is InChI=1S/C20H23FN4O3S/c1-28-11-13-2-5-22-14(8-13)12-29(27)20-23-17-9-16(21)19(10-18(17)24-20)25-6-3-15(26)4-7-25/h2,5,8-10,15,26H,3-4,6-7,11-12H2,1H3,(H,23,24). The first kappa shape index (κ1) is 19.9. The van der Waals surface area contributed by atoms with Crippen molar-refractivity contribution in [3.05, 3.63) is 47.5 Å². The van der Waals surface area contributed by atoms with Gasteiger partial charge in [0, 0.05) is 32.5 Å². The number of aromatic nitrogens is 3. The molecule has 1 aliphatic rings. The van der Waals surface area contributed by atoms with Crippen LogP contribution in [0.5, 0.6) is 0 Å². The zero-order chi connectivity index (χ0) is 20.4. The summed E-state index contributed by atoms with van der Waals surface area (Å²) >= 11 is 0. The van der Waals surface area contributed by atoms with Crippen molar-refractivity contribution in [1.82, 2.24) is 15.0 Å². The summed E-state index contributed by atoms with van der Waals surface area (Å²) in [5, 5.41) is 9.96. The van der Waals surface area contributed by atoms with Crippen LogP contribution in [0.3, 0.4) is 0 Å². The number of aromatic amines is 1. The predicted octanol–water partition coefficient (Wildman–Crippen LogP) is 2.51. The Kier molecular flexibility index (Phi) is 5.89. The van der Waals surface area contributed by atoms with Crippen LogP contribution >= 0.6 is 0 Å². The van der Waals surface area contributed by atoms with Gasteiger partial charge in [0.05, 0.1) is 51.7 Å². The molecule has 1 aromatic carbocycles. The molecule has 7 nitrogen and oxygen atoms in total. The number of nitrogens with one attached hydrogen (secondary N) is 1. The van der Waals surface area contributed by atoms with E-state index in [0.29, 0.717) is 60.1 Å². The number of methoxy groups -OCH3 is 1. The van der Waals surface area contributed by atoms with Crippen LogP contribution in [0.25, 0.3) is 11.0 Å². The zero-order valence-corrected chi connectivity index (χ0v) is 16.9.